The van der Waals surface area contributed by atoms with Crippen LogP contribution in [0.4, 0.5) is 10.1 Å². The molecule has 1 aliphatic rings. The Morgan fingerprint density at radius 3 is 2.48 bits per heavy atom. The summed E-state index contributed by atoms with van der Waals surface area (Å²) in [5.41, 5.74) is 0.640. The first-order chi connectivity index (χ1) is 9.67. The quantitative estimate of drug-likeness (QED) is 0.875. The van der Waals surface area contributed by atoms with Gasteiger partial charge in [-0.25, -0.2) is 4.39 Å². The number of hydrogen-bond acceptors (Lipinski definition) is 3. The minimum atomic E-state index is -0.297. The highest BCUT2D eigenvalue weighted by Gasteiger charge is 2.20. The number of carbonyl (C=O) groups is 1. The van der Waals surface area contributed by atoms with Crippen LogP contribution in [0.25, 0.3) is 0 Å². The van der Waals surface area contributed by atoms with Crippen molar-refractivity contribution in [2.75, 3.05) is 38.5 Å². The lowest BCUT2D eigenvalue weighted by atomic mass is 9.97. The van der Waals surface area contributed by atoms with Gasteiger partial charge in [-0.15, -0.1) is 12.4 Å². The van der Waals surface area contributed by atoms with Gasteiger partial charge in [0.1, 0.15) is 5.82 Å². The van der Waals surface area contributed by atoms with Crippen molar-refractivity contribution < 1.29 is 9.18 Å². The van der Waals surface area contributed by atoms with Crippen LogP contribution in [0, 0.1) is 11.7 Å². The van der Waals surface area contributed by atoms with Crippen molar-refractivity contribution in [2.45, 2.75) is 12.8 Å². The van der Waals surface area contributed by atoms with E-state index in [9.17, 15) is 9.18 Å². The highest BCUT2D eigenvalue weighted by atomic mass is 35.5. The number of likely N-dealkylation sites (tertiary alicyclic amines) is 1. The van der Waals surface area contributed by atoms with E-state index in [1.165, 1.54) is 12.1 Å². The molecule has 1 amide bonds. The first-order valence-electron chi connectivity index (χ1n) is 7.10. The van der Waals surface area contributed by atoms with Gasteiger partial charge in [0.05, 0.1) is 6.54 Å². The molecule has 0 radical (unpaired) electrons. The Morgan fingerprint density at radius 2 is 1.90 bits per heavy atom. The van der Waals surface area contributed by atoms with Crippen LogP contribution < -0.4 is 10.6 Å². The maximum Gasteiger partial charge on any atom is 0.238 e. The maximum absolute atomic E-state index is 12.8. The normalized spacial score (nSPS) is 16.3. The number of amides is 1. The van der Waals surface area contributed by atoms with Crippen LogP contribution in [0.5, 0.6) is 0 Å². The minimum absolute atomic E-state index is 0. The molecule has 2 N–H and O–H groups in total. The monoisotopic (exact) mass is 315 g/mol. The lowest BCUT2D eigenvalue weighted by Gasteiger charge is -2.31. The number of rotatable bonds is 5. The maximum atomic E-state index is 12.8. The first-order valence-corrected chi connectivity index (χ1v) is 7.10. The highest BCUT2D eigenvalue weighted by molar-refractivity contribution is 5.92. The molecule has 1 aromatic rings. The SMILES string of the molecule is CNCC1CCN(CC(=O)Nc2ccc(F)cc2)CC1.Cl. The second-order valence-corrected chi connectivity index (χ2v) is 5.33. The second-order valence-electron chi connectivity index (χ2n) is 5.33. The summed E-state index contributed by atoms with van der Waals surface area (Å²) in [5, 5.41) is 5.99. The summed E-state index contributed by atoms with van der Waals surface area (Å²) in [5.74, 6) is 0.384. The van der Waals surface area contributed by atoms with Crippen molar-refractivity contribution in [1.82, 2.24) is 10.2 Å². The van der Waals surface area contributed by atoms with Gasteiger partial charge in [-0.05, 0) is 69.7 Å². The van der Waals surface area contributed by atoms with E-state index in [-0.39, 0.29) is 24.1 Å². The van der Waals surface area contributed by atoms with Crippen LogP contribution in [0.2, 0.25) is 0 Å². The Hall–Kier alpha value is -1.17. The molecule has 4 nitrogen and oxygen atoms in total. The summed E-state index contributed by atoms with van der Waals surface area (Å²) >= 11 is 0. The smallest absolute Gasteiger partial charge is 0.238 e. The highest BCUT2D eigenvalue weighted by Crippen LogP contribution is 2.16. The molecule has 1 aliphatic heterocycles. The lowest BCUT2D eigenvalue weighted by Crippen LogP contribution is -2.40. The summed E-state index contributed by atoms with van der Waals surface area (Å²) in [6, 6.07) is 5.84. The summed E-state index contributed by atoms with van der Waals surface area (Å²) in [6.07, 6.45) is 2.26. The molecule has 1 fully saturated rings. The molecule has 0 aromatic heterocycles. The van der Waals surface area contributed by atoms with E-state index in [1.807, 2.05) is 7.05 Å². The molecular weight excluding hydrogens is 293 g/mol. The Bertz CT molecular complexity index is 433. The van der Waals surface area contributed by atoms with Crippen molar-refractivity contribution in [3.63, 3.8) is 0 Å². The van der Waals surface area contributed by atoms with Gasteiger partial charge in [-0.1, -0.05) is 0 Å². The van der Waals surface area contributed by atoms with Gasteiger partial charge in [0.25, 0.3) is 0 Å². The third kappa shape index (κ3) is 5.99. The number of carbonyl (C=O) groups excluding carboxylic acids is 1. The predicted molar refractivity (Wildman–Crippen MR) is 85.4 cm³/mol. The zero-order valence-corrected chi connectivity index (χ0v) is 13.1. The fourth-order valence-corrected chi connectivity index (χ4v) is 2.57. The molecule has 0 aliphatic carbocycles. The van der Waals surface area contributed by atoms with Gasteiger partial charge in [0.2, 0.25) is 5.91 Å². The summed E-state index contributed by atoms with van der Waals surface area (Å²) < 4.78 is 12.8. The molecule has 0 saturated carbocycles. The van der Waals surface area contributed by atoms with E-state index in [0.717, 1.165) is 38.4 Å². The summed E-state index contributed by atoms with van der Waals surface area (Å²) in [4.78, 5) is 14.1. The second kappa shape index (κ2) is 8.97. The Kier molecular flexibility index (Phi) is 7.64. The van der Waals surface area contributed by atoms with Gasteiger partial charge >= 0.3 is 0 Å². The van der Waals surface area contributed by atoms with Crippen LogP contribution in [-0.2, 0) is 4.79 Å². The number of anilines is 1. The predicted octanol–water partition coefficient (Wildman–Crippen LogP) is 2.12. The fourth-order valence-electron chi connectivity index (χ4n) is 2.57. The number of nitrogens with one attached hydrogen (secondary N) is 2. The molecule has 1 saturated heterocycles. The first kappa shape index (κ1) is 17.9. The molecule has 0 atom stereocenters. The largest absolute Gasteiger partial charge is 0.325 e. The molecule has 0 spiro atoms. The molecule has 0 unspecified atom stereocenters. The Labute approximate surface area is 131 Å². The van der Waals surface area contributed by atoms with Crippen molar-refractivity contribution >= 4 is 24.0 Å². The van der Waals surface area contributed by atoms with Gasteiger partial charge in [0.15, 0.2) is 0 Å². The third-order valence-corrected chi connectivity index (χ3v) is 3.70. The van der Waals surface area contributed by atoms with Gasteiger partial charge < -0.3 is 10.6 Å². The van der Waals surface area contributed by atoms with Crippen LogP contribution in [-0.4, -0.2) is 44.0 Å². The van der Waals surface area contributed by atoms with Crippen LogP contribution in [0.1, 0.15) is 12.8 Å². The van der Waals surface area contributed by atoms with E-state index in [0.29, 0.717) is 12.2 Å². The molecule has 21 heavy (non-hydrogen) atoms. The molecule has 118 valence electrons. The molecular formula is C15H23ClFN3O. The summed E-state index contributed by atoms with van der Waals surface area (Å²) in [6.45, 7) is 3.38. The zero-order valence-electron chi connectivity index (χ0n) is 12.3. The number of benzene rings is 1. The van der Waals surface area contributed by atoms with E-state index in [1.54, 1.807) is 12.1 Å². The molecule has 6 heteroatoms. The number of nitrogens with zero attached hydrogens (tertiary/aromatic N) is 1. The molecule has 1 heterocycles. The number of hydrogen-bond donors (Lipinski definition) is 2. The van der Waals surface area contributed by atoms with Crippen molar-refractivity contribution in [1.29, 1.82) is 0 Å². The third-order valence-electron chi connectivity index (χ3n) is 3.70. The molecule has 2 rings (SSSR count). The topological polar surface area (TPSA) is 44.4 Å². The zero-order chi connectivity index (χ0) is 14.4. The van der Waals surface area contributed by atoms with E-state index < -0.39 is 0 Å². The van der Waals surface area contributed by atoms with E-state index in [2.05, 4.69) is 15.5 Å². The van der Waals surface area contributed by atoms with E-state index in [4.69, 9.17) is 0 Å². The van der Waals surface area contributed by atoms with Crippen molar-refractivity contribution in [3.05, 3.63) is 30.1 Å². The average molecular weight is 316 g/mol. The lowest BCUT2D eigenvalue weighted by molar-refractivity contribution is -0.117. The Morgan fingerprint density at radius 1 is 1.29 bits per heavy atom. The van der Waals surface area contributed by atoms with Crippen LogP contribution in [0.15, 0.2) is 24.3 Å². The standard InChI is InChI=1S/C15H22FN3O.ClH/c1-17-10-12-6-8-19(9-7-12)11-15(20)18-14-4-2-13(16)3-5-14;/h2-5,12,17H,6-11H2,1H3,(H,18,20);1H. The average Bonchev–Trinajstić information content (AvgIpc) is 2.44. The van der Waals surface area contributed by atoms with Crippen molar-refractivity contribution in [3.8, 4) is 0 Å². The van der Waals surface area contributed by atoms with Gasteiger partial charge in [-0.3, -0.25) is 9.69 Å². The van der Waals surface area contributed by atoms with Crippen LogP contribution in [0.3, 0.4) is 0 Å². The molecule has 0 bridgehead atoms. The summed E-state index contributed by atoms with van der Waals surface area (Å²) in [7, 11) is 1.97. The number of piperidine rings is 1. The van der Waals surface area contributed by atoms with Crippen LogP contribution >= 0.6 is 12.4 Å². The van der Waals surface area contributed by atoms with Crippen molar-refractivity contribution in [2.24, 2.45) is 5.92 Å². The minimum Gasteiger partial charge on any atom is -0.325 e. The Balaban J connectivity index is 0.00000220. The van der Waals surface area contributed by atoms with E-state index >= 15 is 0 Å². The molecule has 1 aromatic carbocycles. The van der Waals surface area contributed by atoms with Gasteiger partial charge in [0, 0.05) is 5.69 Å². The number of halogens is 2. The fraction of sp³-hybridized carbons (Fsp3) is 0.533. The van der Waals surface area contributed by atoms with Gasteiger partial charge in [-0.2, -0.15) is 0 Å².